The molecule has 1 aliphatic rings. The van der Waals surface area contributed by atoms with Crippen molar-refractivity contribution in [3.8, 4) is 0 Å². The van der Waals surface area contributed by atoms with Crippen LogP contribution in [0.1, 0.15) is 30.2 Å². The van der Waals surface area contributed by atoms with E-state index in [-0.39, 0.29) is 36.9 Å². The topological polar surface area (TPSA) is 95.5 Å². The molecule has 0 saturated heterocycles. The van der Waals surface area contributed by atoms with Crippen LogP contribution in [-0.4, -0.2) is 38.3 Å². The number of aliphatic hydroxyl groups excluding tert-OH is 1. The summed E-state index contributed by atoms with van der Waals surface area (Å²) < 4.78 is 24.2. The molecule has 1 saturated carbocycles. The molecule has 118 valence electrons. The van der Waals surface area contributed by atoms with Gasteiger partial charge in [-0.25, -0.2) is 13.1 Å². The van der Waals surface area contributed by atoms with Crippen molar-refractivity contribution in [1.29, 1.82) is 0 Å². The summed E-state index contributed by atoms with van der Waals surface area (Å²) in [5.41, 5.74) is 0. The summed E-state index contributed by atoms with van der Waals surface area (Å²) in [4.78, 5) is 13.0. The molecule has 1 heterocycles. The number of hydrogen-bond acceptors (Lipinski definition) is 5. The normalized spacial score (nSPS) is 23.3. The molecule has 0 bridgehead atoms. The number of nitrogens with one attached hydrogen (secondary N) is 2. The van der Waals surface area contributed by atoms with Gasteiger partial charge < -0.3 is 10.4 Å². The minimum Gasteiger partial charge on any atom is -0.393 e. The molecule has 0 aromatic carbocycles. The van der Waals surface area contributed by atoms with E-state index >= 15 is 0 Å². The first-order valence-electron chi connectivity index (χ1n) is 6.80. The van der Waals surface area contributed by atoms with Gasteiger partial charge in [0.1, 0.15) is 0 Å². The highest BCUT2D eigenvalue weighted by molar-refractivity contribution is 7.88. The van der Waals surface area contributed by atoms with Crippen LogP contribution < -0.4 is 10.0 Å². The third-order valence-electron chi connectivity index (χ3n) is 3.50. The lowest BCUT2D eigenvalue weighted by molar-refractivity contribution is -0.122. The summed E-state index contributed by atoms with van der Waals surface area (Å²) in [7, 11) is -3.27. The van der Waals surface area contributed by atoms with E-state index in [1.54, 1.807) is 11.3 Å². The van der Waals surface area contributed by atoms with Crippen molar-refractivity contribution in [2.45, 2.75) is 31.4 Å². The van der Waals surface area contributed by atoms with Crippen LogP contribution in [0.4, 0.5) is 0 Å². The molecule has 8 heteroatoms. The van der Waals surface area contributed by atoms with Crippen molar-refractivity contribution in [2.24, 2.45) is 5.92 Å². The van der Waals surface area contributed by atoms with Crippen molar-refractivity contribution in [3.05, 3.63) is 22.4 Å². The van der Waals surface area contributed by atoms with Crippen molar-refractivity contribution in [2.75, 3.05) is 12.8 Å². The first-order valence-corrected chi connectivity index (χ1v) is 9.58. The summed E-state index contributed by atoms with van der Waals surface area (Å²) in [6.07, 6.45) is 2.26. The quantitative estimate of drug-likeness (QED) is 0.682. The SMILES string of the molecule is CS(=O)(=O)NCCC(=O)NC(c1cccs1)C1CC(O)C1. The Kier molecular flexibility index (Phi) is 5.37. The lowest BCUT2D eigenvalue weighted by Crippen LogP contribution is -2.41. The third-order valence-corrected chi connectivity index (χ3v) is 5.19. The van der Waals surface area contributed by atoms with Crippen molar-refractivity contribution in [3.63, 3.8) is 0 Å². The number of thiophene rings is 1. The van der Waals surface area contributed by atoms with Crippen LogP contribution in [0.5, 0.6) is 0 Å². The summed E-state index contributed by atoms with van der Waals surface area (Å²) in [6, 6.07) is 3.80. The molecule has 1 atom stereocenters. The zero-order valence-corrected chi connectivity index (χ0v) is 13.4. The maximum atomic E-state index is 12.0. The molecule has 6 nitrogen and oxygen atoms in total. The summed E-state index contributed by atoms with van der Waals surface area (Å²) in [5, 5.41) is 14.4. The highest BCUT2D eigenvalue weighted by Crippen LogP contribution is 2.39. The van der Waals surface area contributed by atoms with Crippen LogP contribution in [0.3, 0.4) is 0 Å². The Balaban J connectivity index is 1.88. The molecule has 1 aromatic rings. The van der Waals surface area contributed by atoms with Crippen LogP contribution >= 0.6 is 11.3 Å². The van der Waals surface area contributed by atoms with E-state index in [4.69, 9.17) is 0 Å². The van der Waals surface area contributed by atoms with Gasteiger partial charge in [-0.1, -0.05) is 6.07 Å². The number of amides is 1. The van der Waals surface area contributed by atoms with Crippen LogP contribution in [0.15, 0.2) is 17.5 Å². The second-order valence-electron chi connectivity index (χ2n) is 5.36. The molecule has 3 N–H and O–H groups in total. The van der Waals surface area contributed by atoms with E-state index in [9.17, 15) is 18.3 Å². The Morgan fingerprint density at radius 3 is 2.76 bits per heavy atom. The first-order chi connectivity index (χ1) is 9.85. The average molecular weight is 332 g/mol. The van der Waals surface area contributed by atoms with Gasteiger partial charge in [-0.2, -0.15) is 0 Å². The number of hydrogen-bond donors (Lipinski definition) is 3. The zero-order valence-electron chi connectivity index (χ0n) is 11.8. The van der Waals surface area contributed by atoms with E-state index in [1.807, 2.05) is 17.5 Å². The number of carbonyl (C=O) groups is 1. The number of sulfonamides is 1. The van der Waals surface area contributed by atoms with Crippen molar-refractivity contribution < 1.29 is 18.3 Å². The zero-order chi connectivity index (χ0) is 15.5. The van der Waals surface area contributed by atoms with E-state index in [2.05, 4.69) is 10.0 Å². The van der Waals surface area contributed by atoms with E-state index < -0.39 is 10.0 Å². The van der Waals surface area contributed by atoms with Gasteiger partial charge in [0, 0.05) is 17.8 Å². The summed E-state index contributed by atoms with van der Waals surface area (Å²) in [5.74, 6) is 0.0522. The summed E-state index contributed by atoms with van der Waals surface area (Å²) >= 11 is 1.57. The predicted molar refractivity (Wildman–Crippen MR) is 81.4 cm³/mol. The Bertz CT molecular complexity index is 565. The maximum Gasteiger partial charge on any atom is 0.221 e. The minimum absolute atomic E-state index is 0.0924. The number of aliphatic hydroxyl groups is 1. The Morgan fingerprint density at radius 2 is 2.24 bits per heavy atom. The van der Waals surface area contributed by atoms with Gasteiger partial charge >= 0.3 is 0 Å². The molecule has 1 unspecified atom stereocenters. The molecular formula is C13H20N2O4S2. The Hall–Kier alpha value is -0.960. The summed E-state index contributed by atoms with van der Waals surface area (Å²) in [6.45, 7) is 0.0924. The molecule has 0 aliphatic heterocycles. The highest BCUT2D eigenvalue weighted by atomic mass is 32.2. The van der Waals surface area contributed by atoms with Crippen LogP contribution in [0.2, 0.25) is 0 Å². The molecule has 0 spiro atoms. The second-order valence-corrected chi connectivity index (χ2v) is 8.17. The van der Waals surface area contributed by atoms with Crippen molar-refractivity contribution in [1.82, 2.24) is 10.0 Å². The lowest BCUT2D eigenvalue weighted by Gasteiger charge is -2.37. The molecule has 1 fully saturated rings. The fraction of sp³-hybridized carbons (Fsp3) is 0.615. The van der Waals surface area contributed by atoms with E-state index in [0.717, 1.165) is 11.1 Å². The lowest BCUT2D eigenvalue weighted by atomic mass is 9.76. The smallest absolute Gasteiger partial charge is 0.221 e. The average Bonchev–Trinajstić information content (AvgIpc) is 2.84. The third kappa shape index (κ3) is 5.06. The van der Waals surface area contributed by atoms with Gasteiger partial charge in [0.2, 0.25) is 15.9 Å². The monoisotopic (exact) mass is 332 g/mol. The molecular weight excluding hydrogens is 312 g/mol. The molecule has 1 aliphatic carbocycles. The predicted octanol–water partition coefficient (Wildman–Crippen LogP) is 0.616. The molecule has 21 heavy (non-hydrogen) atoms. The molecule has 2 rings (SSSR count). The van der Waals surface area contributed by atoms with Gasteiger partial charge in [-0.15, -0.1) is 11.3 Å². The number of rotatable bonds is 7. The van der Waals surface area contributed by atoms with E-state index in [0.29, 0.717) is 12.8 Å². The fourth-order valence-electron chi connectivity index (χ4n) is 2.39. The first kappa shape index (κ1) is 16.4. The fourth-order valence-corrected chi connectivity index (χ4v) is 3.73. The Morgan fingerprint density at radius 1 is 1.52 bits per heavy atom. The van der Waals surface area contributed by atoms with Crippen molar-refractivity contribution >= 4 is 27.3 Å². The minimum atomic E-state index is -3.27. The molecule has 1 amide bonds. The van der Waals surface area contributed by atoms with Crippen LogP contribution in [0, 0.1) is 5.92 Å². The number of carbonyl (C=O) groups excluding carboxylic acids is 1. The van der Waals surface area contributed by atoms with E-state index in [1.165, 1.54) is 0 Å². The van der Waals surface area contributed by atoms with Crippen LogP contribution in [0.25, 0.3) is 0 Å². The van der Waals surface area contributed by atoms with Gasteiger partial charge in [0.05, 0.1) is 18.4 Å². The highest BCUT2D eigenvalue weighted by Gasteiger charge is 2.36. The van der Waals surface area contributed by atoms with Gasteiger partial charge in [-0.3, -0.25) is 4.79 Å². The Labute approximate surface area is 128 Å². The molecule has 0 radical (unpaired) electrons. The standard InChI is InChI=1S/C13H20N2O4S2/c1-21(18,19)14-5-4-12(17)15-13(9-7-10(16)8-9)11-3-2-6-20-11/h2-3,6,9-10,13-14,16H,4-5,7-8H2,1H3,(H,15,17). The van der Waals surface area contributed by atoms with Crippen LogP contribution in [-0.2, 0) is 14.8 Å². The largest absolute Gasteiger partial charge is 0.393 e. The van der Waals surface area contributed by atoms with Gasteiger partial charge in [0.15, 0.2) is 0 Å². The van der Waals surface area contributed by atoms with Gasteiger partial charge in [-0.05, 0) is 30.2 Å². The second kappa shape index (κ2) is 6.87. The van der Waals surface area contributed by atoms with Gasteiger partial charge in [0.25, 0.3) is 0 Å². The maximum absolute atomic E-state index is 12.0. The molecule has 1 aromatic heterocycles.